The van der Waals surface area contributed by atoms with Gasteiger partial charge < -0.3 is 4.74 Å². The Hall–Kier alpha value is -2.59. The molecule has 2 amide bonds. The van der Waals surface area contributed by atoms with Crippen LogP contribution in [-0.2, 0) is 9.59 Å². The van der Waals surface area contributed by atoms with Crippen LogP contribution >= 0.6 is 11.6 Å². The van der Waals surface area contributed by atoms with E-state index < -0.39 is 11.8 Å². The topological polar surface area (TPSA) is 46.6 Å². The van der Waals surface area contributed by atoms with Gasteiger partial charge in [-0.3, -0.25) is 9.59 Å². The van der Waals surface area contributed by atoms with Crippen LogP contribution in [0.4, 0.5) is 5.69 Å². The Morgan fingerprint density at radius 2 is 1.58 bits per heavy atom. The molecule has 2 aromatic carbocycles. The number of hydrogen-bond acceptors (Lipinski definition) is 3. The van der Waals surface area contributed by atoms with Crippen LogP contribution < -0.4 is 9.64 Å². The molecule has 0 saturated carbocycles. The molecule has 134 valence electrons. The Morgan fingerprint density at radius 3 is 2.15 bits per heavy atom. The predicted molar refractivity (Wildman–Crippen MR) is 103 cm³/mol. The monoisotopic (exact) mass is 369 g/mol. The normalized spacial score (nSPS) is 14.6. The first-order valence-electron chi connectivity index (χ1n) is 8.47. The molecule has 0 atom stereocenters. The summed E-state index contributed by atoms with van der Waals surface area (Å²) in [4.78, 5) is 26.5. The van der Waals surface area contributed by atoms with Crippen molar-refractivity contribution in [3.63, 3.8) is 0 Å². The third-order valence-corrected chi connectivity index (χ3v) is 4.40. The van der Waals surface area contributed by atoms with Crippen LogP contribution in [0.3, 0.4) is 0 Å². The van der Waals surface area contributed by atoms with Gasteiger partial charge in [-0.05, 0) is 42.7 Å². The molecule has 0 saturated heterocycles. The number of carbonyl (C=O) groups excluding carboxylic acids is 2. The number of imide groups is 1. The van der Waals surface area contributed by atoms with Crippen molar-refractivity contribution in [2.24, 2.45) is 5.92 Å². The lowest BCUT2D eigenvalue weighted by Gasteiger charge is -2.15. The van der Waals surface area contributed by atoms with Gasteiger partial charge in [0, 0.05) is 0 Å². The SMILES string of the molecule is Cc1ccc(N2C(=O)C(Cl)=C(c3ccc(OCC(C)C)cc3)C2=O)cc1. The second kappa shape index (κ2) is 7.34. The summed E-state index contributed by atoms with van der Waals surface area (Å²) in [5, 5.41) is -0.0635. The number of anilines is 1. The van der Waals surface area contributed by atoms with Crippen LogP contribution in [0.25, 0.3) is 5.57 Å². The molecule has 3 rings (SSSR count). The van der Waals surface area contributed by atoms with Crippen molar-refractivity contribution >= 4 is 34.7 Å². The van der Waals surface area contributed by atoms with Crippen molar-refractivity contribution in [3.8, 4) is 5.75 Å². The van der Waals surface area contributed by atoms with Crippen molar-refractivity contribution in [1.82, 2.24) is 0 Å². The minimum absolute atomic E-state index is 0.0635. The van der Waals surface area contributed by atoms with E-state index in [4.69, 9.17) is 16.3 Å². The minimum Gasteiger partial charge on any atom is -0.493 e. The molecule has 0 spiro atoms. The number of carbonyl (C=O) groups is 2. The molecule has 0 aromatic heterocycles. The van der Waals surface area contributed by atoms with Gasteiger partial charge in [0.05, 0.1) is 17.9 Å². The van der Waals surface area contributed by atoms with E-state index in [0.717, 1.165) is 10.5 Å². The fourth-order valence-corrected chi connectivity index (χ4v) is 2.94. The number of halogens is 1. The molecule has 0 unspecified atom stereocenters. The average Bonchev–Trinajstić information content (AvgIpc) is 2.84. The lowest BCUT2D eigenvalue weighted by atomic mass is 10.1. The van der Waals surface area contributed by atoms with Gasteiger partial charge >= 0.3 is 0 Å². The zero-order valence-corrected chi connectivity index (χ0v) is 15.7. The molecule has 0 N–H and O–H groups in total. The molecule has 0 fully saturated rings. The van der Waals surface area contributed by atoms with Crippen LogP contribution in [0.5, 0.6) is 5.75 Å². The van der Waals surface area contributed by atoms with E-state index in [2.05, 4.69) is 13.8 Å². The van der Waals surface area contributed by atoms with E-state index in [1.54, 1.807) is 36.4 Å². The van der Waals surface area contributed by atoms with Gasteiger partial charge in [0.1, 0.15) is 10.8 Å². The van der Waals surface area contributed by atoms with Gasteiger partial charge in [0.25, 0.3) is 11.8 Å². The highest BCUT2D eigenvalue weighted by molar-refractivity contribution is 6.60. The molecule has 0 radical (unpaired) electrons. The predicted octanol–water partition coefficient (Wildman–Crippen LogP) is 4.55. The van der Waals surface area contributed by atoms with Crippen LogP contribution in [0.1, 0.15) is 25.0 Å². The second-order valence-electron chi connectivity index (χ2n) is 6.70. The maximum absolute atomic E-state index is 12.8. The molecular formula is C21H20ClNO3. The first kappa shape index (κ1) is 18.2. The highest BCUT2D eigenvalue weighted by atomic mass is 35.5. The van der Waals surface area contributed by atoms with Crippen LogP contribution in [0.15, 0.2) is 53.6 Å². The summed E-state index contributed by atoms with van der Waals surface area (Å²) in [6, 6.07) is 14.2. The lowest BCUT2D eigenvalue weighted by molar-refractivity contribution is -0.119. The summed E-state index contributed by atoms with van der Waals surface area (Å²) in [5.41, 5.74) is 2.37. The van der Waals surface area contributed by atoms with E-state index in [0.29, 0.717) is 29.5 Å². The maximum atomic E-state index is 12.8. The molecule has 5 heteroatoms. The van der Waals surface area contributed by atoms with Gasteiger partial charge in [-0.1, -0.05) is 55.3 Å². The summed E-state index contributed by atoms with van der Waals surface area (Å²) in [5.74, 6) is 0.214. The van der Waals surface area contributed by atoms with Crippen molar-refractivity contribution in [3.05, 3.63) is 64.7 Å². The minimum atomic E-state index is -0.504. The molecule has 1 heterocycles. The third-order valence-electron chi connectivity index (χ3n) is 4.05. The third kappa shape index (κ3) is 3.51. The van der Waals surface area contributed by atoms with Gasteiger partial charge in [-0.15, -0.1) is 0 Å². The lowest BCUT2D eigenvalue weighted by Crippen LogP contribution is -2.31. The number of benzene rings is 2. The number of ether oxygens (including phenoxy) is 1. The quantitative estimate of drug-likeness (QED) is 0.726. The zero-order valence-electron chi connectivity index (χ0n) is 15.0. The molecule has 1 aliphatic rings. The molecular weight excluding hydrogens is 350 g/mol. The number of amides is 2. The molecule has 4 nitrogen and oxygen atoms in total. The summed E-state index contributed by atoms with van der Waals surface area (Å²) in [7, 11) is 0. The Morgan fingerprint density at radius 1 is 0.962 bits per heavy atom. The average molecular weight is 370 g/mol. The molecule has 2 aromatic rings. The van der Waals surface area contributed by atoms with E-state index in [1.807, 2.05) is 19.1 Å². The Bertz CT molecular complexity index is 867. The van der Waals surface area contributed by atoms with Crippen LogP contribution in [0, 0.1) is 12.8 Å². The second-order valence-corrected chi connectivity index (χ2v) is 7.08. The van der Waals surface area contributed by atoms with Gasteiger partial charge in [0.2, 0.25) is 0 Å². The van der Waals surface area contributed by atoms with E-state index in [-0.39, 0.29) is 10.6 Å². The first-order valence-corrected chi connectivity index (χ1v) is 8.84. The first-order chi connectivity index (χ1) is 12.4. The fraction of sp³-hybridized carbons (Fsp3) is 0.238. The summed E-state index contributed by atoms with van der Waals surface area (Å²) in [6.07, 6.45) is 0. The smallest absolute Gasteiger partial charge is 0.277 e. The largest absolute Gasteiger partial charge is 0.493 e. The van der Waals surface area contributed by atoms with Crippen molar-refractivity contribution < 1.29 is 14.3 Å². The molecule has 0 aliphatic carbocycles. The molecule has 0 bridgehead atoms. The van der Waals surface area contributed by atoms with Crippen LogP contribution in [0.2, 0.25) is 0 Å². The summed E-state index contributed by atoms with van der Waals surface area (Å²) < 4.78 is 5.65. The highest BCUT2D eigenvalue weighted by Crippen LogP contribution is 2.35. The van der Waals surface area contributed by atoms with Crippen molar-refractivity contribution in [1.29, 1.82) is 0 Å². The Balaban J connectivity index is 1.87. The van der Waals surface area contributed by atoms with Crippen molar-refractivity contribution in [2.45, 2.75) is 20.8 Å². The number of hydrogen-bond donors (Lipinski definition) is 0. The highest BCUT2D eigenvalue weighted by Gasteiger charge is 2.39. The van der Waals surface area contributed by atoms with E-state index >= 15 is 0 Å². The Labute approximate surface area is 158 Å². The van der Waals surface area contributed by atoms with Crippen LogP contribution in [-0.4, -0.2) is 18.4 Å². The summed E-state index contributed by atoms with van der Waals surface area (Å²) in [6.45, 7) is 6.70. The fourth-order valence-electron chi connectivity index (χ4n) is 2.66. The molecule has 26 heavy (non-hydrogen) atoms. The van der Waals surface area contributed by atoms with Crippen molar-refractivity contribution in [2.75, 3.05) is 11.5 Å². The van der Waals surface area contributed by atoms with Gasteiger partial charge in [0.15, 0.2) is 0 Å². The number of nitrogens with zero attached hydrogens (tertiary/aromatic N) is 1. The van der Waals surface area contributed by atoms with Gasteiger partial charge in [-0.25, -0.2) is 4.90 Å². The Kier molecular flexibility index (Phi) is 5.14. The zero-order chi connectivity index (χ0) is 18.8. The standard InChI is InChI=1S/C21H20ClNO3/c1-13(2)12-26-17-10-6-15(7-11-17)18-19(22)21(25)23(20(18)24)16-8-4-14(3)5-9-16/h4-11,13H,12H2,1-3H3. The van der Waals surface area contributed by atoms with Gasteiger partial charge in [-0.2, -0.15) is 0 Å². The van der Waals surface area contributed by atoms with E-state index in [9.17, 15) is 9.59 Å². The molecule has 1 aliphatic heterocycles. The maximum Gasteiger partial charge on any atom is 0.277 e. The number of rotatable bonds is 5. The van der Waals surface area contributed by atoms with E-state index in [1.165, 1.54) is 0 Å². The summed E-state index contributed by atoms with van der Waals surface area (Å²) >= 11 is 6.21. The number of aryl methyl sites for hydroxylation is 1.